The lowest BCUT2D eigenvalue weighted by Crippen LogP contribution is -2.23. The number of carboxylic acid groups (broad SMARTS) is 1. The molecule has 1 N–H and O–H groups in total. The topological polar surface area (TPSA) is 85.9 Å². The fraction of sp³-hybridized carbons (Fsp3) is 0.227. The number of aromatic nitrogens is 2. The van der Waals surface area contributed by atoms with Crippen molar-refractivity contribution in [1.29, 1.82) is 0 Å². The highest BCUT2D eigenvalue weighted by molar-refractivity contribution is 6.03. The van der Waals surface area contributed by atoms with Gasteiger partial charge in [0.25, 0.3) is 0 Å². The van der Waals surface area contributed by atoms with Crippen LogP contribution in [0.1, 0.15) is 17.2 Å². The minimum Gasteiger partial charge on any atom is -0.480 e. The van der Waals surface area contributed by atoms with E-state index in [1.807, 2.05) is 59.3 Å². The van der Waals surface area contributed by atoms with Crippen molar-refractivity contribution >= 4 is 11.7 Å². The van der Waals surface area contributed by atoms with Crippen molar-refractivity contribution < 1.29 is 19.5 Å². The van der Waals surface area contributed by atoms with Crippen LogP contribution >= 0.6 is 0 Å². The van der Waals surface area contributed by atoms with Gasteiger partial charge in [0, 0.05) is 18.0 Å². The zero-order chi connectivity index (χ0) is 20.3. The van der Waals surface area contributed by atoms with Gasteiger partial charge in [-0.1, -0.05) is 65.8 Å². The number of ether oxygens (including phenoxy) is 1. The second kappa shape index (κ2) is 10.8. The first-order chi connectivity index (χ1) is 14.2. The lowest BCUT2D eigenvalue weighted by atomic mass is 9.96. The number of hydrogen-bond acceptors (Lipinski definition) is 5. The van der Waals surface area contributed by atoms with Crippen LogP contribution in [0.2, 0.25) is 0 Å². The van der Waals surface area contributed by atoms with Crippen LogP contribution in [0.15, 0.2) is 84.5 Å². The second-order valence-electron chi connectivity index (χ2n) is 6.34. The summed E-state index contributed by atoms with van der Waals surface area (Å²) in [5.41, 5.74) is 2.86. The number of nitrogens with zero attached hydrogens (tertiary/aromatic N) is 3. The van der Waals surface area contributed by atoms with Gasteiger partial charge in [-0.15, -0.1) is 0 Å². The predicted molar refractivity (Wildman–Crippen MR) is 109 cm³/mol. The first-order valence-electron chi connectivity index (χ1n) is 9.30. The van der Waals surface area contributed by atoms with Gasteiger partial charge in [-0.25, -0.2) is 9.78 Å². The van der Waals surface area contributed by atoms with Crippen LogP contribution < -0.4 is 0 Å². The smallest absolute Gasteiger partial charge is 0.329 e. The number of hydrogen-bond donors (Lipinski definition) is 1. The Bertz CT molecular complexity index is 896. The van der Waals surface area contributed by atoms with Crippen molar-refractivity contribution in [2.45, 2.75) is 12.5 Å². The average molecular weight is 393 g/mol. The van der Waals surface area contributed by atoms with Gasteiger partial charge < -0.3 is 19.2 Å². The van der Waals surface area contributed by atoms with Gasteiger partial charge in [-0.05, 0) is 12.0 Å². The van der Waals surface area contributed by atoms with E-state index in [4.69, 9.17) is 14.7 Å². The maximum Gasteiger partial charge on any atom is 0.329 e. The maximum absolute atomic E-state index is 10.5. The first-order valence-corrected chi connectivity index (χ1v) is 9.30. The number of carboxylic acids is 1. The molecular formula is C22H23N3O4. The van der Waals surface area contributed by atoms with E-state index in [2.05, 4.69) is 22.3 Å². The van der Waals surface area contributed by atoms with Gasteiger partial charge in [0.05, 0.1) is 19.0 Å². The van der Waals surface area contributed by atoms with Crippen molar-refractivity contribution in [3.8, 4) is 0 Å². The van der Waals surface area contributed by atoms with E-state index in [1.54, 1.807) is 12.5 Å². The van der Waals surface area contributed by atoms with Crippen LogP contribution in [0.5, 0.6) is 0 Å². The standard InChI is InChI=1S/C22H23N3O4/c26-21(27)16-28-13-14-29-24-22(19-9-5-2-6-10-19)20(25-12-11-23-17-25)15-18-7-3-1-4-8-18/h1-12,17,20H,13-16H2,(H,26,27)/b24-22+. The Kier molecular flexibility index (Phi) is 7.54. The Labute approximate surface area is 169 Å². The molecule has 1 atom stereocenters. The van der Waals surface area contributed by atoms with Crippen LogP contribution in [0, 0.1) is 0 Å². The average Bonchev–Trinajstić information content (AvgIpc) is 3.28. The number of aliphatic carboxylic acids is 1. The Hall–Kier alpha value is -3.45. The molecule has 0 fully saturated rings. The molecule has 0 aliphatic carbocycles. The minimum atomic E-state index is -1.01. The van der Waals surface area contributed by atoms with Crippen LogP contribution in [0.25, 0.3) is 0 Å². The number of carbonyl (C=O) groups is 1. The maximum atomic E-state index is 10.5. The molecule has 3 aromatic rings. The van der Waals surface area contributed by atoms with Crippen LogP contribution in [-0.2, 0) is 20.8 Å². The molecule has 3 rings (SSSR count). The van der Waals surface area contributed by atoms with E-state index in [1.165, 1.54) is 5.56 Å². The number of rotatable bonds is 11. The van der Waals surface area contributed by atoms with Crippen LogP contribution in [-0.4, -0.2) is 46.2 Å². The molecule has 0 radical (unpaired) electrons. The van der Waals surface area contributed by atoms with E-state index < -0.39 is 5.97 Å². The largest absolute Gasteiger partial charge is 0.480 e. The minimum absolute atomic E-state index is 0.123. The molecule has 7 heteroatoms. The number of oxime groups is 1. The summed E-state index contributed by atoms with van der Waals surface area (Å²) >= 11 is 0. The Morgan fingerprint density at radius 3 is 2.45 bits per heavy atom. The molecule has 0 spiro atoms. The molecule has 7 nitrogen and oxygen atoms in total. The third-order valence-corrected chi connectivity index (χ3v) is 4.25. The van der Waals surface area contributed by atoms with Gasteiger partial charge >= 0.3 is 5.97 Å². The summed E-state index contributed by atoms with van der Waals surface area (Å²) < 4.78 is 7.01. The lowest BCUT2D eigenvalue weighted by Gasteiger charge is -2.21. The van der Waals surface area contributed by atoms with E-state index >= 15 is 0 Å². The molecule has 150 valence electrons. The summed E-state index contributed by atoms with van der Waals surface area (Å²) in [5.74, 6) is -1.01. The number of imidazole rings is 1. The van der Waals surface area contributed by atoms with Gasteiger partial charge in [-0.2, -0.15) is 0 Å². The molecule has 0 bridgehead atoms. The van der Waals surface area contributed by atoms with E-state index in [0.717, 1.165) is 11.3 Å². The third kappa shape index (κ3) is 6.29. The summed E-state index contributed by atoms with van der Waals surface area (Å²) in [4.78, 5) is 20.2. The lowest BCUT2D eigenvalue weighted by molar-refractivity contribution is -0.142. The Morgan fingerprint density at radius 2 is 1.79 bits per heavy atom. The molecular weight excluding hydrogens is 370 g/mol. The first kappa shape index (κ1) is 20.3. The molecule has 0 aliphatic rings. The molecule has 0 amide bonds. The molecule has 29 heavy (non-hydrogen) atoms. The third-order valence-electron chi connectivity index (χ3n) is 4.25. The highest BCUT2D eigenvalue weighted by Gasteiger charge is 2.21. The highest BCUT2D eigenvalue weighted by atomic mass is 16.6. The van der Waals surface area contributed by atoms with Crippen molar-refractivity contribution in [2.24, 2.45) is 5.16 Å². The monoisotopic (exact) mass is 393 g/mol. The quantitative estimate of drug-likeness (QED) is 0.307. The Balaban J connectivity index is 1.83. The zero-order valence-electron chi connectivity index (χ0n) is 15.9. The molecule has 1 unspecified atom stereocenters. The SMILES string of the molecule is O=C(O)COCCO/N=C(\c1ccccc1)C(Cc1ccccc1)n1ccnc1. The molecule has 0 saturated carbocycles. The van der Waals surface area contributed by atoms with E-state index in [0.29, 0.717) is 6.42 Å². The number of benzene rings is 2. The van der Waals surface area contributed by atoms with Gasteiger partial charge in [0.2, 0.25) is 0 Å². The van der Waals surface area contributed by atoms with Crippen molar-refractivity contribution in [3.63, 3.8) is 0 Å². The van der Waals surface area contributed by atoms with E-state index in [9.17, 15) is 4.79 Å². The molecule has 0 saturated heterocycles. The summed E-state index contributed by atoms with van der Waals surface area (Å²) in [6.07, 6.45) is 6.12. The molecule has 0 aliphatic heterocycles. The fourth-order valence-corrected chi connectivity index (χ4v) is 2.92. The van der Waals surface area contributed by atoms with E-state index in [-0.39, 0.29) is 25.9 Å². The van der Waals surface area contributed by atoms with Crippen LogP contribution in [0.4, 0.5) is 0 Å². The molecule has 1 aromatic heterocycles. The van der Waals surface area contributed by atoms with Crippen LogP contribution in [0.3, 0.4) is 0 Å². The van der Waals surface area contributed by atoms with Crippen molar-refractivity contribution in [1.82, 2.24) is 9.55 Å². The van der Waals surface area contributed by atoms with Crippen molar-refractivity contribution in [2.75, 3.05) is 19.8 Å². The highest BCUT2D eigenvalue weighted by Crippen LogP contribution is 2.21. The fourth-order valence-electron chi connectivity index (χ4n) is 2.92. The van der Waals surface area contributed by atoms with Gasteiger partial charge in [-0.3, -0.25) is 0 Å². The molecule has 2 aromatic carbocycles. The Morgan fingerprint density at radius 1 is 1.07 bits per heavy atom. The predicted octanol–water partition coefficient (Wildman–Crippen LogP) is 3.19. The summed E-state index contributed by atoms with van der Waals surface area (Å²) in [7, 11) is 0. The second-order valence-corrected chi connectivity index (χ2v) is 6.34. The zero-order valence-corrected chi connectivity index (χ0v) is 15.9. The summed E-state index contributed by atoms with van der Waals surface area (Å²) in [6.45, 7) is -0.0534. The summed E-state index contributed by atoms with van der Waals surface area (Å²) in [5, 5.41) is 13.0. The van der Waals surface area contributed by atoms with Gasteiger partial charge in [0.1, 0.15) is 18.9 Å². The molecule has 1 heterocycles. The normalized spacial score (nSPS) is 12.5. The van der Waals surface area contributed by atoms with Crippen molar-refractivity contribution in [3.05, 3.63) is 90.5 Å². The summed E-state index contributed by atoms with van der Waals surface area (Å²) in [6, 6.07) is 19.9. The van der Waals surface area contributed by atoms with Gasteiger partial charge in [0.15, 0.2) is 0 Å².